The van der Waals surface area contributed by atoms with Gasteiger partial charge in [0, 0.05) is 29.9 Å². The SMILES string of the molecule is Cc1cc(C)c(C)c(-c2nc3c(c[n+]2C)Cc2cnccc2-3)c1. The van der Waals surface area contributed by atoms with Gasteiger partial charge in [0.05, 0.1) is 18.8 Å². The Kier molecular flexibility index (Phi) is 3.05. The van der Waals surface area contributed by atoms with Crippen LogP contribution in [0.4, 0.5) is 0 Å². The molecular weight excluding hydrogens is 282 g/mol. The monoisotopic (exact) mass is 302 g/mol. The number of rotatable bonds is 1. The van der Waals surface area contributed by atoms with E-state index in [0.29, 0.717) is 0 Å². The average molecular weight is 302 g/mol. The van der Waals surface area contributed by atoms with Crippen LogP contribution in [-0.4, -0.2) is 9.97 Å². The molecule has 3 aromatic rings. The summed E-state index contributed by atoms with van der Waals surface area (Å²) >= 11 is 0. The maximum atomic E-state index is 5.04. The Morgan fingerprint density at radius 1 is 1.04 bits per heavy atom. The second kappa shape index (κ2) is 4.98. The highest BCUT2D eigenvalue weighted by molar-refractivity contribution is 5.74. The van der Waals surface area contributed by atoms with E-state index in [-0.39, 0.29) is 0 Å². The van der Waals surface area contributed by atoms with E-state index in [0.717, 1.165) is 17.9 Å². The number of pyridine rings is 1. The summed E-state index contributed by atoms with van der Waals surface area (Å²) in [6, 6.07) is 6.54. The van der Waals surface area contributed by atoms with Crippen molar-refractivity contribution in [3.05, 3.63) is 64.6 Å². The van der Waals surface area contributed by atoms with Crippen molar-refractivity contribution in [3.8, 4) is 22.6 Å². The molecule has 0 saturated heterocycles. The first-order valence-corrected chi connectivity index (χ1v) is 7.95. The predicted octanol–water partition coefficient (Wildman–Crippen LogP) is 3.46. The van der Waals surface area contributed by atoms with Crippen molar-refractivity contribution >= 4 is 0 Å². The zero-order valence-corrected chi connectivity index (χ0v) is 14.0. The molecule has 0 saturated carbocycles. The number of fused-ring (bicyclic) bond motifs is 3. The molecule has 4 rings (SSSR count). The molecule has 0 N–H and O–H groups in total. The summed E-state index contributed by atoms with van der Waals surface area (Å²) in [6.45, 7) is 6.49. The van der Waals surface area contributed by atoms with E-state index in [9.17, 15) is 0 Å². The molecule has 0 aliphatic heterocycles. The Morgan fingerprint density at radius 3 is 2.70 bits per heavy atom. The van der Waals surface area contributed by atoms with E-state index in [1.807, 2.05) is 12.4 Å². The van der Waals surface area contributed by atoms with Gasteiger partial charge in [0.25, 0.3) is 0 Å². The van der Waals surface area contributed by atoms with E-state index in [1.165, 1.54) is 38.9 Å². The molecule has 0 unspecified atom stereocenters. The summed E-state index contributed by atoms with van der Waals surface area (Å²) in [7, 11) is 2.08. The highest BCUT2D eigenvalue weighted by Gasteiger charge is 2.29. The first kappa shape index (κ1) is 14.1. The lowest BCUT2D eigenvalue weighted by atomic mass is 9.99. The van der Waals surface area contributed by atoms with Crippen molar-refractivity contribution in [2.24, 2.45) is 7.05 Å². The largest absolute Gasteiger partial charge is 0.331 e. The zero-order chi connectivity index (χ0) is 16.1. The minimum absolute atomic E-state index is 0.922. The van der Waals surface area contributed by atoms with Crippen LogP contribution in [0.3, 0.4) is 0 Å². The lowest BCUT2D eigenvalue weighted by molar-refractivity contribution is -0.663. The molecule has 2 aromatic heterocycles. The van der Waals surface area contributed by atoms with Gasteiger partial charge in [0.1, 0.15) is 0 Å². The fourth-order valence-corrected chi connectivity index (χ4v) is 3.50. The molecule has 0 fully saturated rings. The number of aryl methyl sites for hydroxylation is 3. The summed E-state index contributed by atoms with van der Waals surface area (Å²) < 4.78 is 2.15. The third-order valence-corrected chi connectivity index (χ3v) is 4.80. The molecule has 0 bridgehead atoms. The maximum Gasteiger partial charge on any atom is 0.331 e. The highest BCUT2D eigenvalue weighted by Crippen LogP contribution is 2.35. The Morgan fingerprint density at radius 2 is 1.87 bits per heavy atom. The number of hydrogen-bond acceptors (Lipinski definition) is 2. The quantitative estimate of drug-likeness (QED) is 0.504. The van der Waals surface area contributed by atoms with Gasteiger partial charge in [-0.2, -0.15) is 0 Å². The van der Waals surface area contributed by atoms with Crippen LogP contribution in [0.2, 0.25) is 0 Å². The molecule has 0 spiro atoms. The van der Waals surface area contributed by atoms with E-state index >= 15 is 0 Å². The van der Waals surface area contributed by atoms with Crippen molar-refractivity contribution in [2.75, 3.05) is 0 Å². The molecule has 23 heavy (non-hydrogen) atoms. The average Bonchev–Trinajstić information content (AvgIpc) is 2.87. The van der Waals surface area contributed by atoms with Crippen molar-refractivity contribution in [1.29, 1.82) is 0 Å². The highest BCUT2D eigenvalue weighted by atomic mass is 15.0. The van der Waals surface area contributed by atoms with Gasteiger partial charge in [-0.1, -0.05) is 6.07 Å². The normalized spacial score (nSPS) is 12.2. The molecule has 3 nitrogen and oxygen atoms in total. The number of aromatic nitrogens is 3. The first-order valence-electron chi connectivity index (χ1n) is 7.95. The van der Waals surface area contributed by atoms with Crippen LogP contribution in [-0.2, 0) is 13.5 Å². The second-order valence-corrected chi connectivity index (χ2v) is 6.51. The molecule has 114 valence electrons. The van der Waals surface area contributed by atoms with Gasteiger partial charge in [-0.25, -0.2) is 4.57 Å². The fourth-order valence-electron chi connectivity index (χ4n) is 3.50. The Hall–Kier alpha value is -2.55. The van der Waals surface area contributed by atoms with Crippen molar-refractivity contribution in [1.82, 2.24) is 9.97 Å². The van der Waals surface area contributed by atoms with Gasteiger partial charge in [-0.15, -0.1) is 0 Å². The molecule has 0 amide bonds. The van der Waals surface area contributed by atoms with Crippen LogP contribution < -0.4 is 4.57 Å². The maximum absolute atomic E-state index is 5.04. The molecule has 2 heterocycles. The van der Waals surface area contributed by atoms with E-state index in [2.05, 4.69) is 61.8 Å². The van der Waals surface area contributed by atoms with Crippen LogP contribution in [0.1, 0.15) is 27.8 Å². The predicted molar refractivity (Wildman–Crippen MR) is 91.1 cm³/mol. The molecule has 0 atom stereocenters. The molecule has 1 aromatic carbocycles. The summed E-state index contributed by atoms with van der Waals surface area (Å²) in [5.41, 5.74) is 9.97. The van der Waals surface area contributed by atoms with E-state index in [1.54, 1.807) is 0 Å². The molecule has 3 heteroatoms. The minimum Gasteiger partial charge on any atom is -0.264 e. The summed E-state index contributed by atoms with van der Waals surface area (Å²) in [5.74, 6) is 1.03. The van der Waals surface area contributed by atoms with Gasteiger partial charge < -0.3 is 0 Å². The lowest BCUT2D eigenvalue weighted by Gasteiger charge is -2.09. The van der Waals surface area contributed by atoms with Gasteiger partial charge in [0.2, 0.25) is 0 Å². The molecule has 1 aliphatic carbocycles. The molecule has 1 aliphatic rings. The van der Waals surface area contributed by atoms with Gasteiger partial charge in [0.15, 0.2) is 5.69 Å². The smallest absolute Gasteiger partial charge is 0.264 e. The van der Waals surface area contributed by atoms with Crippen LogP contribution in [0.5, 0.6) is 0 Å². The van der Waals surface area contributed by atoms with Crippen LogP contribution in [0.25, 0.3) is 22.6 Å². The van der Waals surface area contributed by atoms with Gasteiger partial charge >= 0.3 is 5.82 Å². The van der Waals surface area contributed by atoms with Crippen molar-refractivity contribution in [3.63, 3.8) is 0 Å². The third-order valence-electron chi connectivity index (χ3n) is 4.80. The number of benzene rings is 1. The number of hydrogen-bond donors (Lipinski definition) is 0. The van der Waals surface area contributed by atoms with E-state index in [4.69, 9.17) is 4.98 Å². The van der Waals surface area contributed by atoms with Gasteiger partial charge in [-0.3, -0.25) is 4.98 Å². The zero-order valence-electron chi connectivity index (χ0n) is 14.0. The Bertz CT molecular complexity index is 942. The second-order valence-electron chi connectivity index (χ2n) is 6.51. The molecular formula is C20H20N3+. The summed E-state index contributed by atoms with van der Waals surface area (Å²) in [5, 5.41) is 0. The topological polar surface area (TPSA) is 29.7 Å². The summed E-state index contributed by atoms with van der Waals surface area (Å²) in [6.07, 6.45) is 6.95. The van der Waals surface area contributed by atoms with E-state index < -0.39 is 0 Å². The fraction of sp³-hybridized carbons (Fsp3) is 0.250. The van der Waals surface area contributed by atoms with Crippen molar-refractivity contribution in [2.45, 2.75) is 27.2 Å². The minimum atomic E-state index is 0.922. The van der Waals surface area contributed by atoms with Crippen LogP contribution in [0, 0.1) is 20.8 Å². The third kappa shape index (κ3) is 2.15. The number of nitrogens with zero attached hydrogens (tertiary/aromatic N) is 3. The Balaban J connectivity index is 1.97. The standard InChI is InChI=1S/C20H20N3/c1-12-7-13(2)14(3)18(8-12)20-22-19-16(11-23(20)4)9-15-10-21-6-5-17(15)19/h5-8,10-11H,9H2,1-4H3/q+1. The van der Waals surface area contributed by atoms with Crippen molar-refractivity contribution < 1.29 is 4.57 Å². The van der Waals surface area contributed by atoms with Crippen LogP contribution >= 0.6 is 0 Å². The summed E-state index contributed by atoms with van der Waals surface area (Å²) in [4.78, 5) is 9.29. The van der Waals surface area contributed by atoms with Crippen LogP contribution in [0.15, 0.2) is 36.8 Å². The first-order chi connectivity index (χ1) is 11.0. The molecule has 0 radical (unpaired) electrons. The van der Waals surface area contributed by atoms with Gasteiger partial charge in [-0.05, 0) is 60.1 Å². The Labute approximate surface area is 136 Å². The lowest BCUT2D eigenvalue weighted by Crippen LogP contribution is -2.33.